The average molecular weight is 590 g/mol. The molecule has 0 bridgehead atoms. The van der Waals surface area contributed by atoms with Gasteiger partial charge in [0.2, 0.25) is 5.95 Å². The number of hydrogen-bond acceptors (Lipinski definition) is 11. The topological polar surface area (TPSA) is 168 Å². The molecular weight excluding hydrogens is 557 g/mol. The molecule has 3 aromatic rings. The third-order valence-corrected chi connectivity index (χ3v) is 10.1. The van der Waals surface area contributed by atoms with E-state index in [1.165, 1.54) is 22.7 Å². The Bertz CT molecular complexity index is 1460. The Kier molecular flexibility index (Phi) is 8.77. The molecule has 2 unspecified atom stereocenters. The molecule has 2 aliphatic rings. The Morgan fingerprint density at radius 3 is 2.77 bits per heavy atom. The van der Waals surface area contributed by atoms with Crippen LogP contribution in [0.5, 0.6) is 5.75 Å². The number of carbonyl (C=O) groups is 1. The fourth-order valence-corrected chi connectivity index (χ4v) is 7.88. The Labute approximate surface area is 235 Å². The second-order valence-electron chi connectivity index (χ2n) is 9.89. The number of thioether (sulfide) groups is 1. The fourth-order valence-electron chi connectivity index (χ4n) is 4.82. The van der Waals surface area contributed by atoms with Gasteiger partial charge >= 0.3 is 19.4 Å². The summed E-state index contributed by atoms with van der Waals surface area (Å²) in [7, 11) is -4.17. The Balaban J connectivity index is 1.33. The van der Waals surface area contributed by atoms with E-state index >= 15 is 0 Å². The number of nitrogens with zero attached hydrogens (tertiary/aromatic N) is 3. The zero-order valence-electron chi connectivity index (χ0n) is 21.9. The largest absolute Gasteiger partial charge is 0.461 e. The first-order chi connectivity index (χ1) is 19.2. The molecule has 2 aromatic carbocycles. The first-order valence-corrected chi connectivity index (χ1v) is 15.6. The molecule has 5 rings (SSSR count). The van der Waals surface area contributed by atoms with Crippen molar-refractivity contribution in [1.82, 2.24) is 19.6 Å². The Hall–Kier alpha value is -2.96. The van der Waals surface area contributed by atoms with Crippen LogP contribution in [0.1, 0.15) is 44.4 Å². The first kappa shape index (κ1) is 28.6. The fraction of sp³-hybridized carbons (Fsp3) is 0.462. The van der Waals surface area contributed by atoms with E-state index in [1.54, 1.807) is 19.1 Å². The van der Waals surface area contributed by atoms with Gasteiger partial charge < -0.3 is 20.1 Å². The number of aromatic nitrogens is 3. The van der Waals surface area contributed by atoms with Crippen LogP contribution in [-0.4, -0.2) is 55.7 Å². The average Bonchev–Trinajstić information content (AvgIpc) is 3.57. The van der Waals surface area contributed by atoms with Crippen molar-refractivity contribution in [3.05, 3.63) is 59.3 Å². The lowest BCUT2D eigenvalue weighted by molar-refractivity contribution is -0.150. The Morgan fingerprint density at radius 1 is 1.25 bits per heavy atom. The summed E-state index contributed by atoms with van der Waals surface area (Å²) in [6.45, 7) is 1.36. The maximum Gasteiger partial charge on any atom is 0.459 e. The van der Waals surface area contributed by atoms with Crippen LogP contribution in [0.25, 0.3) is 10.8 Å². The SMILES string of the molecule is C[C@H](NP(=O)(OC[C@H]1S[C@@H](n2cnc(N)nc2=O)CC1O)Oc1cccc2ccccc12)C(=O)OC1CCCC1. The summed E-state index contributed by atoms with van der Waals surface area (Å²) in [5.41, 5.74) is 4.90. The van der Waals surface area contributed by atoms with Crippen LogP contribution >= 0.6 is 19.5 Å². The van der Waals surface area contributed by atoms with Crippen molar-refractivity contribution < 1.29 is 28.3 Å². The van der Waals surface area contributed by atoms with Gasteiger partial charge in [-0.1, -0.05) is 36.4 Å². The molecule has 1 aliphatic carbocycles. The lowest BCUT2D eigenvalue weighted by Gasteiger charge is -2.25. The van der Waals surface area contributed by atoms with Gasteiger partial charge in [-0.3, -0.25) is 13.9 Å². The van der Waals surface area contributed by atoms with Crippen molar-refractivity contribution in [3.8, 4) is 5.75 Å². The number of fused-ring (bicyclic) bond motifs is 1. The Morgan fingerprint density at radius 2 is 2.00 bits per heavy atom. The molecule has 14 heteroatoms. The molecule has 5 atom stereocenters. The van der Waals surface area contributed by atoms with Gasteiger partial charge in [0.05, 0.1) is 23.3 Å². The van der Waals surface area contributed by atoms with Crippen LogP contribution in [0.2, 0.25) is 0 Å². The van der Waals surface area contributed by atoms with Gasteiger partial charge in [0, 0.05) is 11.8 Å². The molecule has 0 amide bonds. The van der Waals surface area contributed by atoms with E-state index < -0.39 is 42.2 Å². The molecule has 1 saturated heterocycles. The van der Waals surface area contributed by atoms with E-state index in [-0.39, 0.29) is 25.1 Å². The monoisotopic (exact) mass is 589 g/mol. The van der Waals surface area contributed by atoms with Crippen LogP contribution in [-0.2, 0) is 18.6 Å². The third kappa shape index (κ3) is 6.67. The number of hydrogen-bond donors (Lipinski definition) is 3. The number of nitrogens with one attached hydrogen (secondary N) is 1. The van der Waals surface area contributed by atoms with Crippen LogP contribution in [0.4, 0.5) is 5.95 Å². The van der Waals surface area contributed by atoms with Crippen molar-refractivity contribution in [2.75, 3.05) is 12.3 Å². The summed E-state index contributed by atoms with van der Waals surface area (Å²) in [5.74, 6) is -0.369. The van der Waals surface area contributed by atoms with Gasteiger partial charge in [0.25, 0.3) is 0 Å². The van der Waals surface area contributed by atoms with Crippen LogP contribution in [0.15, 0.2) is 53.6 Å². The van der Waals surface area contributed by atoms with Crippen molar-refractivity contribution >= 4 is 42.2 Å². The highest BCUT2D eigenvalue weighted by atomic mass is 32.2. The molecule has 12 nitrogen and oxygen atoms in total. The summed E-state index contributed by atoms with van der Waals surface area (Å²) < 4.78 is 32.9. The number of carbonyl (C=O) groups excluding carboxylic acids is 1. The van der Waals surface area contributed by atoms with Crippen LogP contribution < -0.4 is 21.0 Å². The normalized spacial score (nSPS) is 23.6. The quantitative estimate of drug-likeness (QED) is 0.233. The number of benzene rings is 2. The van der Waals surface area contributed by atoms with Crippen molar-refractivity contribution in [2.45, 2.75) is 67.9 Å². The van der Waals surface area contributed by atoms with Gasteiger partial charge in [-0.15, -0.1) is 11.8 Å². The van der Waals surface area contributed by atoms with Gasteiger partial charge in [0.15, 0.2) is 0 Å². The van der Waals surface area contributed by atoms with Crippen LogP contribution in [0, 0.1) is 0 Å². The minimum Gasteiger partial charge on any atom is -0.461 e. The number of rotatable bonds is 10. The van der Waals surface area contributed by atoms with Crippen molar-refractivity contribution in [2.24, 2.45) is 0 Å². The van der Waals surface area contributed by atoms with Crippen LogP contribution in [0.3, 0.4) is 0 Å². The second-order valence-corrected chi connectivity index (χ2v) is 13.0. The number of anilines is 1. The van der Waals surface area contributed by atoms with E-state index in [1.807, 2.05) is 30.3 Å². The predicted molar refractivity (Wildman–Crippen MR) is 151 cm³/mol. The zero-order valence-corrected chi connectivity index (χ0v) is 23.6. The second kappa shape index (κ2) is 12.3. The van der Waals surface area contributed by atoms with Gasteiger partial charge in [0.1, 0.15) is 24.2 Å². The molecule has 2 heterocycles. The molecule has 1 aromatic heterocycles. The summed E-state index contributed by atoms with van der Waals surface area (Å²) in [6, 6.07) is 11.8. The lowest BCUT2D eigenvalue weighted by Crippen LogP contribution is -2.37. The standard InChI is InChI=1S/C26H32N5O7PS/c1-16(24(33)37-18-9-3-4-10-18)30-39(35,38-21-12-6-8-17-7-2-5-11-19(17)21)36-14-22-20(32)13-23(40-22)31-15-28-25(27)29-26(31)34/h2,5-8,11-12,15-16,18,20,22-23,32H,3-4,9-10,13-14H2,1H3,(H,30,35)(H2,27,29,34)/t16-,20?,22+,23+,39?/m0/s1. The molecule has 4 N–H and O–H groups in total. The molecule has 40 heavy (non-hydrogen) atoms. The third-order valence-electron chi connectivity index (χ3n) is 6.93. The molecular formula is C26H32N5O7PS. The smallest absolute Gasteiger partial charge is 0.459 e. The highest BCUT2D eigenvalue weighted by molar-refractivity contribution is 8.00. The highest BCUT2D eigenvalue weighted by Crippen LogP contribution is 2.49. The minimum atomic E-state index is -4.17. The van der Waals surface area contributed by atoms with Crippen molar-refractivity contribution in [3.63, 3.8) is 0 Å². The number of nitrogen functional groups attached to an aromatic ring is 1. The highest BCUT2D eigenvalue weighted by Gasteiger charge is 2.40. The number of ether oxygens (including phenoxy) is 1. The summed E-state index contributed by atoms with van der Waals surface area (Å²) in [5, 5.41) is 14.0. The van der Waals surface area contributed by atoms with Crippen molar-refractivity contribution in [1.29, 1.82) is 0 Å². The van der Waals surface area contributed by atoms with Gasteiger partial charge in [-0.2, -0.15) is 10.1 Å². The number of nitrogens with two attached hydrogens (primary N) is 1. The van der Waals surface area contributed by atoms with Gasteiger partial charge in [-0.05, 0) is 44.1 Å². The van der Waals surface area contributed by atoms with E-state index in [0.717, 1.165) is 36.5 Å². The van der Waals surface area contributed by atoms with E-state index in [2.05, 4.69) is 15.1 Å². The first-order valence-electron chi connectivity index (χ1n) is 13.2. The van der Waals surface area contributed by atoms with E-state index in [9.17, 15) is 19.3 Å². The molecule has 1 aliphatic heterocycles. The summed E-state index contributed by atoms with van der Waals surface area (Å²) in [6.07, 6.45) is 4.09. The maximum atomic E-state index is 14.1. The molecule has 0 radical (unpaired) electrons. The number of aliphatic hydroxyl groups excluding tert-OH is 1. The molecule has 1 saturated carbocycles. The number of esters is 1. The predicted octanol–water partition coefficient (Wildman–Crippen LogP) is 3.41. The lowest BCUT2D eigenvalue weighted by atomic mass is 10.1. The number of aliphatic hydroxyl groups is 1. The van der Waals surface area contributed by atoms with E-state index in [4.69, 9.17) is 19.5 Å². The van der Waals surface area contributed by atoms with Gasteiger partial charge in [-0.25, -0.2) is 14.3 Å². The summed E-state index contributed by atoms with van der Waals surface area (Å²) in [4.78, 5) is 32.6. The molecule has 214 valence electrons. The molecule has 2 fully saturated rings. The maximum absolute atomic E-state index is 14.1. The van der Waals surface area contributed by atoms with E-state index in [0.29, 0.717) is 5.75 Å². The zero-order chi connectivity index (χ0) is 28.3. The summed E-state index contributed by atoms with van der Waals surface area (Å²) >= 11 is 1.26. The molecule has 0 spiro atoms. The minimum absolute atomic E-state index is 0.136.